The van der Waals surface area contributed by atoms with Crippen LogP contribution in [0.1, 0.15) is 96.9 Å². The second kappa shape index (κ2) is 71.2. The predicted molar refractivity (Wildman–Crippen MR) is 196 cm³/mol. The standard InChI is InChI=1S/7C3H9P.BH3O3.4FH/c7*1-3(2)4;2-1(3)4;;;;/h7*3H,4H2,1-2H3;2-4H;4*1H. The third-order valence-electron chi connectivity index (χ3n) is 0. The molecular weight excluding hydrogens is 604 g/mol. The summed E-state index contributed by atoms with van der Waals surface area (Å²) in [4.78, 5) is 0. The Morgan fingerprint density at radius 3 is 0.306 bits per heavy atom. The van der Waals surface area contributed by atoms with E-state index in [0.29, 0.717) is 0 Å². The normalized spacial score (nSPS) is 7.75. The molecule has 0 aliphatic rings. The maximum atomic E-state index is 7.17. The van der Waals surface area contributed by atoms with E-state index in [2.05, 4.69) is 162 Å². The lowest BCUT2D eigenvalue weighted by Crippen LogP contribution is -2.07. The zero-order valence-corrected chi connectivity index (χ0v) is 33.7. The fraction of sp³-hybridized carbons (Fsp3) is 1.00. The topological polar surface area (TPSA) is 60.7 Å². The molecule has 0 aromatic heterocycles. The Balaban J connectivity index is -0.0000000180. The van der Waals surface area contributed by atoms with E-state index in [0.717, 1.165) is 39.6 Å². The average molecular weight is 674 g/mol. The van der Waals surface area contributed by atoms with Gasteiger partial charge in [0.1, 0.15) is 0 Å². The molecule has 0 bridgehead atoms. The van der Waals surface area contributed by atoms with Gasteiger partial charge in [0, 0.05) is 0 Å². The van der Waals surface area contributed by atoms with Gasteiger partial charge in [-0.3, -0.25) is 18.8 Å². The molecule has 15 heteroatoms. The SMILES string of the molecule is CC(C)P.CC(C)P.CC(C)P.CC(C)P.CC(C)P.CC(C)P.CC(C)P.F.F.F.F.OB(O)O. The summed E-state index contributed by atoms with van der Waals surface area (Å²) in [5.74, 6) is 0. The van der Waals surface area contributed by atoms with Crippen LogP contribution < -0.4 is 0 Å². The molecule has 0 aromatic rings. The van der Waals surface area contributed by atoms with Crippen LogP contribution in [0.3, 0.4) is 0 Å². The van der Waals surface area contributed by atoms with Crippen molar-refractivity contribution in [3.05, 3.63) is 0 Å². The van der Waals surface area contributed by atoms with E-state index in [9.17, 15) is 0 Å². The minimum atomic E-state index is -2.17. The van der Waals surface area contributed by atoms with Crippen LogP contribution in [0.2, 0.25) is 0 Å². The molecule has 0 heterocycles. The third kappa shape index (κ3) is 6520. The summed E-state index contributed by atoms with van der Waals surface area (Å²) in [6, 6.07) is 0. The molecule has 0 rings (SSSR count). The van der Waals surface area contributed by atoms with Crippen molar-refractivity contribution in [1.29, 1.82) is 0 Å². The van der Waals surface area contributed by atoms with E-state index in [4.69, 9.17) is 15.1 Å². The Morgan fingerprint density at radius 1 is 0.306 bits per heavy atom. The summed E-state index contributed by atoms with van der Waals surface area (Å²) in [7, 11) is 16.4. The molecule has 238 valence electrons. The summed E-state index contributed by atoms with van der Waals surface area (Å²) in [5.41, 5.74) is 5.25. The highest BCUT2D eigenvalue weighted by Gasteiger charge is 1.92. The van der Waals surface area contributed by atoms with Crippen LogP contribution in [0.15, 0.2) is 0 Å². The lowest BCUT2D eigenvalue weighted by molar-refractivity contribution is 0.278. The zero-order chi connectivity index (χ0) is 28.6. The molecule has 0 fully saturated rings. The van der Waals surface area contributed by atoms with Gasteiger partial charge in [-0.25, -0.2) is 0 Å². The molecule has 7 atom stereocenters. The van der Waals surface area contributed by atoms with Gasteiger partial charge in [-0.05, 0) is 39.6 Å². The fourth-order valence-electron chi connectivity index (χ4n) is 0. The molecule has 0 saturated heterocycles. The summed E-state index contributed by atoms with van der Waals surface area (Å²) in [6.07, 6.45) is 0. The van der Waals surface area contributed by atoms with Crippen LogP contribution in [0, 0.1) is 0 Å². The first kappa shape index (κ1) is 77.1. The van der Waals surface area contributed by atoms with Crippen LogP contribution in [-0.4, -0.2) is 62.0 Å². The summed E-state index contributed by atoms with van der Waals surface area (Å²) in [5, 5.41) is 21.5. The highest BCUT2D eigenvalue weighted by atomic mass is 31.0. The van der Waals surface area contributed by atoms with Crippen molar-refractivity contribution in [1.82, 2.24) is 0 Å². The highest BCUT2D eigenvalue weighted by Crippen LogP contribution is 1.92. The number of halogens is 4. The van der Waals surface area contributed by atoms with Gasteiger partial charge in [-0.2, -0.15) is 0 Å². The van der Waals surface area contributed by atoms with Gasteiger partial charge in [-0.15, -0.1) is 64.7 Å². The minimum Gasteiger partial charge on any atom is -0.402 e. The molecule has 0 aliphatic heterocycles. The van der Waals surface area contributed by atoms with E-state index in [1.54, 1.807) is 0 Å². The minimum absolute atomic E-state index is 0. The van der Waals surface area contributed by atoms with Crippen molar-refractivity contribution in [2.45, 2.75) is 137 Å². The Kier molecular flexibility index (Phi) is 153. The Morgan fingerprint density at radius 2 is 0.306 bits per heavy atom. The van der Waals surface area contributed by atoms with Gasteiger partial charge in [0.15, 0.2) is 0 Å². The molecular formula is C21H70BF4O3P7. The van der Waals surface area contributed by atoms with Gasteiger partial charge in [0.05, 0.1) is 0 Å². The van der Waals surface area contributed by atoms with Crippen LogP contribution in [0.5, 0.6) is 0 Å². The Labute approximate surface area is 242 Å². The van der Waals surface area contributed by atoms with Crippen molar-refractivity contribution in [3.8, 4) is 0 Å². The lowest BCUT2D eigenvalue weighted by atomic mass is 10.3. The predicted octanol–water partition coefficient (Wildman–Crippen LogP) is 7.45. The first-order chi connectivity index (χ1) is 13.9. The van der Waals surface area contributed by atoms with Crippen molar-refractivity contribution >= 4 is 72.0 Å². The van der Waals surface area contributed by atoms with Crippen LogP contribution in [0.4, 0.5) is 18.8 Å². The van der Waals surface area contributed by atoms with Gasteiger partial charge in [0.25, 0.3) is 0 Å². The van der Waals surface area contributed by atoms with Crippen LogP contribution in [-0.2, 0) is 0 Å². The Hall–Kier alpha value is 2.67. The molecule has 0 saturated carbocycles. The molecule has 0 aliphatic carbocycles. The van der Waals surface area contributed by atoms with E-state index >= 15 is 0 Å². The van der Waals surface area contributed by atoms with Gasteiger partial charge >= 0.3 is 7.32 Å². The van der Waals surface area contributed by atoms with Crippen LogP contribution >= 0.6 is 64.7 Å². The van der Waals surface area contributed by atoms with Crippen molar-refractivity contribution in [3.63, 3.8) is 0 Å². The van der Waals surface area contributed by atoms with Crippen molar-refractivity contribution < 1.29 is 33.9 Å². The molecule has 3 N–H and O–H groups in total. The van der Waals surface area contributed by atoms with Crippen molar-refractivity contribution in [2.75, 3.05) is 0 Å². The summed E-state index contributed by atoms with van der Waals surface area (Å²) in [6.45, 7) is 29.8. The summed E-state index contributed by atoms with van der Waals surface area (Å²) < 4.78 is 0. The Bertz CT molecular complexity index is 172. The largest absolute Gasteiger partial charge is 0.631 e. The number of hydrogen-bond acceptors (Lipinski definition) is 3. The van der Waals surface area contributed by atoms with Gasteiger partial charge in [-0.1, -0.05) is 96.9 Å². The highest BCUT2D eigenvalue weighted by molar-refractivity contribution is 7.18. The monoisotopic (exact) mass is 674 g/mol. The molecule has 3 nitrogen and oxygen atoms in total. The fourth-order valence-corrected chi connectivity index (χ4v) is 0. The molecule has 0 spiro atoms. The number of hydrogen-bond donors (Lipinski definition) is 3. The molecule has 7 unspecified atom stereocenters. The first-order valence-electron chi connectivity index (χ1n) is 11.2. The number of rotatable bonds is 0. The molecule has 0 amide bonds. The van der Waals surface area contributed by atoms with E-state index < -0.39 is 7.32 Å². The second-order valence-corrected chi connectivity index (χ2v) is 18.4. The van der Waals surface area contributed by atoms with E-state index in [-0.39, 0.29) is 18.8 Å². The van der Waals surface area contributed by atoms with Crippen molar-refractivity contribution in [2.24, 2.45) is 0 Å². The second-order valence-electron chi connectivity index (χ2n) is 9.05. The molecule has 36 heavy (non-hydrogen) atoms. The third-order valence-corrected chi connectivity index (χ3v) is 0. The maximum absolute atomic E-state index is 7.17. The van der Waals surface area contributed by atoms with E-state index in [1.165, 1.54) is 0 Å². The smallest absolute Gasteiger partial charge is 0.402 e. The van der Waals surface area contributed by atoms with Crippen LogP contribution in [0.25, 0.3) is 0 Å². The maximum Gasteiger partial charge on any atom is 0.631 e. The zero-order valence-electron chi connectivity index (χ0n) is 25.6. The lowest BCUT2D eigenvalue weighted by Gasteiger charge is -1.79. The molecule has 0 radical (unpaired) electrons. The first-order valence-corrected chi connectivity index (χ1v) is 15.9. The summed E-state index contributed by atoms with van der Waals surface area (Å²) >= 11 is 0. The van der Waals surface area contributed by atoms with Gasteiger partial charge < -0.3 is 15.1 Å². The van der Waals surface area contributed by atoms with Gasteiger partial charge in [0.2, 0.25) is 0 Å². The molecule has 0 aromatic carbocycles. The average Bonchev–Trinajstić information content (AvgIpc) is 2.30. The van der Waals surface area contributed by atoms with E-state index in [1.807, 2.05) is 0 Å². The quantitative estimate of drug-likeness (QED) is 0.142.